The molecule has 4 heterocycles. The number of carbonyl (C=O) groups is 1. The Morgan fingerprint density at radius 1 is 1.00 bits per heavy atom. The maximum atomic E-state index is 14.4. The van der Waals surface area contributed by atoms with E-state index in [1.54, 1.807) is 21.5 Å². The van der Waals surface area contributed by atoms with E-state index in [9.17, 15) is 9.59 Å². The minimum absolute atomic E-state index is 0.0205. The average Bonchev–Trinajstić information content (AvgIpc) is 3.77. The molecule has 0 saturated carbocycles. The van der Waals surface area contributed by atoms with Gasteiger partial charge in [-0.3, -0.25) is 9.78 Å². The number of halogens is 1. The number of nitrogen functional groups attached to an aromatic ring is 1. The standard InChI is InChI=1S/C36H29IN7O2/c1-21-23(11-8-17-39-21)14-15-24-9-7-10-25-19-30(43(36(46)31(24)25)26-12-5-4-6-13-26)22(2)41-35(45)32-33(38)42-44-29(16-18-40-34(32)44)27-20-28(27)37-3/h4-13,16-20,22,27H,1-3H3,(H2,38,42)(H,41,45)/q-1. The molecule has 1 amide bonds. The van der Waals surface area contributed by atoms with Gasteiger partial charge in [-0.1, -0.05) is 42.2 Å². The number of nitrogens with one attached hydrogen (secondary N) is 1. The second-order valence-electron chi connectivity index (χ2n) is 11.0. The molecule has 1 aliphatic carbocycles. The predicted octanol–water partition coefficient (Wildman–Crippen LogP) is 1.91. The van der Waals surface area contributed by atoms with Crippen LogP contribution < -0.4 is 37.8 Å². The molecule has 7 rings (SSSR count). The molecule has 2 unspecified atom stereocenters. The van der Waals surface area contributed by atoms with Crippen molar-refractivity contribution >= 4 is 28.1 Å². The van der Waals surface area contributed by atoms with Crippen molar-refractivity contribution in [1.82, 2.24) is 29.5 Å². The maximum absolute atomic E-state index is 14.4. The van der Waals surface area contributed by atoms with Gasteiger partial charge in [-0.25, -0.2) is 0 Å². The van der Waals surface area contributed by atoms with Crippen LogP contribution in [0.1, 0.15) is 57.5 Å². The number of hydrogen-bond acceptors (Lipinski definition) is 6. The van der Waals surface area contributed by atoms with E-state index >= 15 is 0 Å². The first kappa shape index (κ1) is 29.4. The molecular weight excluding hydrogens is 689 g/mol. The Balaban J connectivity index is 1.30. The molecule has 4 aromatic heterocycles. The molecule has 0 saturated heterocycles. The summed E-state index contributed by atoms with van der Waals surface area (Å²) in [6, 6.07) is 22.0. The summed E-state index contributed by atoms with van der Waals surface area (Å²) in [5.74, 6) is 6.29. The van der Waals surface area contributed by atoms with Crippen molar-refractivity contribution in [3.8, 4) is 17.5 Å². The number of carbonyl (C=O) groups excluding carboxylic acids is 1. The average molecular weight is 719 g/mol. The first-order valence-corrected chi connectivity index (χ1v) is 17.9. The molecule has 6 aromatic rings. The summed E-state index contributed by atoms with van der Waals surface area (Å²) in [6.45, 7) is 3.75. The Hall–Kier alpha value is -5.28. The van der Waals surface area contributed by atoms with Gasteiger partial charge in [0.15, 0.2) is 0 Å². The van der Waals surface area contributed by atoms with Crippen LogP contribution in [-0.2, 0) is 0 Å². The Kier molecular flexibility index (Phi) is 7.62. The van der Waals surface area contributed by atoms with Crippen LogP contribution in [0.25, 0.3) is 22.1 Å². The topological polar surface area (TPSA) is 120 Å². The number of hydrogen-bond donors (Lipinski definition) is 2. The molecule has 2 atom stereocenters. The van der Waals surface area contributed by atoms with Gasteiger partial charge < -0.3 is 0 Å². The molecule has 0 spiro atoms. The molecule has 1 aliphatic rings. The third-order valence-electron chi connectivity index (χ3n) is 8.07. The summed E-state index contributed by atoms with van der Waals surface area (Å²) in [5.41, 5.74) is 11.1. The first-order chi connectivity index (χ1) is 22.4. The summed E-state index contributed by atoms with van der Waals surface area (Å²) in [7, 11) is 0. The van der Waals surface area contributed by atoms with Crippen molar-refractivity contribution in [2.45, 2.75) is 25.8 Å². The van der Waals surface area contributed by atoms with Crippen molar-refractivity contribution in [2.75, 3.05) is 10.7 Å². The van der Waals surface area contributed by atoms with E-state index in [0.29, 0.717) is 28.0 Å². The predicted molar refractivity (Wildman–Crippen MR) is 175 cm³/mol. The van der Waals surface area contributed by atoms with Gasteiger partial charge >= 0.3 is 159 Å². The van der Waals surface area contributed by atoms with Gasteiger partial charge in [-0.05, 0) is 37.3 Å². The van der Waals surface area contributed by atoms with Crippen LogP contribution in [0.4, 0.5) is 5.82 Å². The zero-order valence-electron chi connectivity index (χ0n) is 25.3. The molecule has 228 valence electrons. The van der Waals surface area contributed by atoms with E-state index in [4.69, 9.17) is 5.73 Å². The summed E-state index contributed by atoms with van der Waals surface area (Å²) in [6.07, 6.45) is 5.64. The first-order valence-electron chi connectivity index (χ1n) is 14.7. The van der Waals surface area contributed by atoms with Crippen LogP contribution in [0.15, 0.2) is 99.6 Å². The number of para-hydroxylation sites is 1. The minimum atomic E-state index is -0.586. The number of fused-ring (bicyclic) bond motifs is 2. The molecule has 3 N–H and O–H groups in total. The molecule has 2 aromatic carbocycles. The number of rotatable bonds is 6. The fourth-order valence-corrected chi connectivity index (χ4v) is 7.40. The van der Waals surface area contributed by atoms with Crippen LogP contribution in [0.2, 0.25) is 0 Å². The van der Waals surface area contributed by atoms with Crippen LogP contribution in [0.3, 0.4) is 0 Å². The molecule has 0 bridgehead atoms. The molecular formula is C36H29IN7O2-. The van der Waals surface area contributed by atoms with E-state index in [0.717, 1.165) is 22.3 Å². The third-order valence-corrected chi connectivity index (χ3v) is 10.3. The third kappa shape index (κ3) is 5.22. The molecule has 0 fully saturated rings. The summed E-state index contributed by atoms with van der Waals surface area (Å²) < 4.78 is 4.74. The van der Waals surface area contributed by atoms with Gasteiger partial charge in [-0.2, -0.15) is 0 Å². The summed E-state index contributed by atoms with van der Waals surface area (Å²) in [5, 5.41) is 8.78. The molecule has 10 heteroatoms. The van der Waals surface area contributed by atoms with Gasteiger partial charge in [0, 0.05) is 17.3 Å². The van der Waals surface area contributed by atoms with Crippen molar-refractivity contribution in [1.29, 1.82) is 0 Å². The SMILES string of the molecule is C[I-]C1=CC1c1ccnc2c(C(=O)NC(C)c3cc4cccc(C#Cc5cccnc5C)c4c(=O)n3-c3ccccc3)c(N)nn12. The Bertz CT molecular complexity index is 2330. The number of benzene rings is 2. The van der Waals surface area contributed by atoms with E-state index in [1.165, 1.54) is 3.58 Å². The number of aromatic nitrogens is 5. The van der Waals surface area contributed by atoms with Crippen LogP contribution in [-0.4, -0.2) is 35.0 Å². The quantitative estimate of drug-likeness (QED) is 0.154. The second kappa shape index (κ2) is 11.9. The van der Waals surface area contributed by atoms with E-state index in [1.807, 2.05) is 86.6 Å². The van der Waals surface area contributed by atoms with E-state index in [-0.39, 0.29) is 44.1 Å². The van der Waals surface area contributed by atoms with Gasteiger partial charge in [0.05, 0.1) is 11.1 Å². The van der Waals surface area contributed by atoms with Gasteiger partial charge in [0.2, 0.25) is 0 Å². The number of allylic oxidation sites excluding steroid dienone is 2. The zero-order chi connectivity index (χ0) is 31.9. The number of nitrogens with zero attached hydrogens (tertiary/aromatic N) is 5. The molecule has 0 radical (unpaired) electrons. The van der Waals surface area contributed by atoms with Crippen molar-refractivity contribution in [3.05, 3.63) is 139 Å². The van der Waals surface area contributed by atoms with Crippen LogP contribution >= 0.6 is 0 Å². The van der Waals surface area contributed by atoms with Crippen molar-refractivity contribution in [3.63, 3.8) is 0 Å². The molecule has 0 aliphatic heterocycles. The molecule has 46 heavy (non-hydrogen) atoms. The monoisotopic (exact) mass is 718 g/mol. The Labute approximate surface area is 275 Å². The number of pyridine rings is 2. The van der Waals surface area contributed by atoms with Crippen LogP contribution in [0, 0.1) is 18.8 Å². The van der Waals surface area contributed by atoms with Gasteiger partial charge in [0.25, 0.3) is 0 Å². The fourth-order valence-electron chi connectivity index (χ4n) is 5.69. The number of amides is 1. The second-order valence-corrected chi connectivity index (χ2v) is 13.3. The summed E-state index contributed by atoms with van der Waals surface area (Å²) in [4.78, 5) is 39.2. The Morgan fingerprint density at radius 3 is 2.54 bits per heavy atom. The van der Waals surface area contributed by atoms with E-state index < -0.39 is 11.9 Å². The fraction of sp³-hybridized carbons (Fsp3) is 0.139. The summed E-state index contributed by atoms with van der Waals surface area (Å²) >= 11 is -0.0205. The van der Waals surface area contributed by atoms with Gasteiger partial charge in [-0.15, -0.1) is 0 Å². The van der Waals surface area contributed by atoms with E-state index in [2.05, 4.69) is 43.2 Å². The number of aryl methyl sites for hydroxylation is 1. The Morgan fingerprint density at radius 2 is 1.78 bits per heavy atom. The zero-order valence-corrected chi connectivity index (χ0v) is 27.5. The molecule has 9 nitrogen and oxygen atoms in total. The van der Waals surface area contributed by atoms with Crippen LogP contribution in [0.5, 0.6) is 0 Å². The van der Waals surface area contributed by atoms with Crippen molar-refractivity contribution < 1.29 is 26.0 Å². The van der Waals surface area contributed by atoms with Gasteiger partial charge in [0.1, 0.15) is 0 Å². The van der Waals surface area contributed by atoms with Crippen molar-refractivity contribution in [2.24, 2.45) is 0 Å². The number of anilines is 1. The number of alkyl halides is 1. The number of nitrogens with two attached hydrogens (primary N) is 1. The normalized spacial score (nSPS) is 14.5.